The number of hydrogen-bond donors (Lipinski definition) is 0. The van der Waals surface area contributed by atoms with Gasteiger partial charge >= 0.3 is 33.6 Å². The van der Waals surface area contributed by atoms with Gasteiger partial charge in [-0.2, -0.15) is 47.9 Å². The maximum Gasteiger partial charge on any atom is 0.523 e. The van der Waals surface area contributed by atoms with Crippen molar-refractivity contribution in [3.05, 3.63) is 35.4 Å². The quantitative estimate of drug-likeness (QED) is 0.442. The Morgan fingerprint density at radius 2 is 1.17 bits per heavy atom. The van der Waals surface area contributed by atoms with Crippen LogP contribution in [-0.2, 0) is 19.9 Å². The third-order valence-corrected chi connectivity index (χ3v) is 3.81. The summed E-state index contributed by atoms with van der Waals surface area (Å²) in [6, 6.07) is 1.82. The second-order valence-electron chi connectivity index (χ2n) is 4.53. The third kappa shape index (κ3) is 3.45. The van der Waals surface area contributed by atoms with E-state index < -0.39 is 39.1 Å². The molecule has 1 aromatic carbocycles. The van der Waals surface area contributed by atoms with E-state index in [9.17, 15) is 47.9 Å². The molecule has 1 aromatic rings. The van der Waals surface area contributed by atoms with Crippen LogP contribution in [0.1, 0.15) is 11.1 Å². The molecule has 0 saturated heterocycles. The lowest BCUT2D eigenvalue weighted by molar-refractivity contribution is -0.365. The Labute approximate surface area is 129 Å². The molecule has 0 aliphatic carbocycles. The summed E-state index contributed by atoms with van der Waals surface area (Å²) in [4.78, 5) is 0. The summed E-state index contributed by atoms with van der Waals surface area (Å²) in [6.45, 7) is 1.28. The molecule has 3 nitrogen and oxygen atoms in total. The van der Waals surface area contributed by atoms with Crippen LogP contribution in [0.3, 0.4) is 0 Å². The van der Waals surface area contributed by atoms with Crippen molar-refractivity contribution in [3.8, 4) is 0 Å². The Morgan fingerprint density at radius 1 is 0.792 bits per heavy atom. The molecule has 0 bridgehead atoms. The highest BCUT2D eigenvalue weighted by Crippen LogP contribution is 2.54. The van der Waals surface area contributed by atoms with E-state index in [1.54, 1.807) is 0 Å². The van der Waals surface area contributed by atoms with Gasteiger partial charge in [-0.3, -0.25) is 0 Å². The standard InChI is InChI=1S/C11H7F9O3S/c1-6-2-4-7(5-3-6)8(9(12,13)14,10(15,16)17)23-24(21,22)11(18,19)20/h2-5H,1H3. The fourth-order valence-electron chi connectivity index (χ4n) is 1.63. The number of aryl methyl sites for hydroxylation is 1. The summed E-state index contributed by atoms with van der Waals surface area (Å²) in [5.41, 5.74) is -13.9. The summed E-state index contributed by atoms with van der Waals surface area (Å²) >= 11 is 0. The van der Waals surface area contributed by atoms with E-state index in [1.165, 1.54) is 6.92 Å². The van der Waals surface area contributed by atoms with Crippen molar-refractivity contribution in [2.45, 2.75) is 30.4 Å². The number of benzene rings is 1. The van der Waals surface area contributed by atoms with Gasteiger partial charge in [0.15, 0.2) is 0 Å². The fraction of sp³-hybridized carbons (Fsp3) is 0.455. The van der Waals surface area contributed by atoms with E-state index in [2.05, 4.69) is 4.18 Å². The normalized spacial score (nSPS) is 14.8. The van der Waals surface area contributed by atoms with E-state index in [-0.39, 0.29) is 17.7 Å². The van der Waals surface area contributed by atoms with Crippen LogP contribution >= 0.6 is 0 Å². The van der Waals surface area contributed by atoms with Gasteiger partial charge in [-0.15, -0.1) is 0 Å². The van der Waals surface area contributed by atoms with Crippen LogP contribution in [0, 0.1) is 6.92 Å². The second kappa shape index (κ2) is 5.79. The van der Waals surface area contributed by atoms with Crippen molar-refractivity contribution in [2.24, 2.45) is 0 Å². The van der Waals surface area contributed by atoms with Gasteiger partial charge in [0.2, 0.25) is 0 Å². The first-order valence-electron chi connectivity index (χ1n) is 5.68. The Kier molecular flexibility index (Phi) is 4.96. The van der Waals surface area contributed by atoms with Crippen molar-refractivity contribution < 1.29 is 52.1 Å². The van der Waals surface area contributed by atoms with Crippen molar-refractivity contribution in [3.63, 3.8) is 0 Å². The molecule has 0 heterocycles. The van der Waals surface area contributed by atoms with Crippen molar-refractivity contribution >= 4 is 10.1 Å². The molecule has 0 N–H and O–H groups in total. The average Bonchev–Trinajstić information content (AvgIpc) is 2.32. The van der Waals surface area contributed by atoms with Gasteiger partial charge in [-0.25, -0.2) is 4.18 Å². The fourth-order valence-corrected chi connectivity index (χ4v) is 2.34. The number of alkyl halides is 9. The number of halogens is 9. The summed E-state index contributed by atoms with van der Waals surface area (Å²) in [6.07, 6.45) is -13.1. The monoisotopic (exact) mass is 390 g/mol. The zero-order valence-electron chi connectivity index (χ0n) is 11.3. The first kappa shape index (κ1) is 20.5. The topological polar surface area (TPSA) is 43.4 Å². The number of hydrogen-bond acceptors (Lipinski definition) is 3. The van der Waals surface area contributed by atoms with E-state index in [4.69, 9.17) is 0 Å². The summed E-state index contributed by atoms with van der Waals surface area (Å²) in [5.74, 6) is 0. The second-order valence-corrected chi connectivity index (χ2v) is 6.06. The number of rotatable bonds is 3. The van der Waals surface area contributed by atoms with Crippen LogP contribution in [0.25, 0.3) is 0 Å². The Hall–Kier alpha value is -1.50. The zero-order chi connectivity index (χ0) is 19.2. The molecule has 0 unspecified atom stereocenters. The third-order valence-electron chi connectivity index (χ3n) is 2.77. The Morgan fingerprint density at radius 3 is 1.46 bits per heavy atom. The molecule has 0 aliphatic rings. The molecule has 1 rings (SSSR count). The lowest BCUT2D eigenvalue weighted by Crippen LogP contribution is -2.57. The molecule has 13 heteroatoms. The highest BCUT2D eigenvalue weighted by Gasteiger charge is 2.77. The maximum atomic E-state index is 13.1. The highest BCUT2D eigenvalue weighted by atomic mass is 32.2. The first-order valence-corrected chi connectivity index (χ1v) is 7.09. The summed E-state index contributed by atoms with van der Waals surface area (Å²) in [7, 11) is -7.22. The van der Waals surface area contributed by atoms with Crippen LogP contribution in [0.4, 0.5) is 39.5 Å². The van der Waals surface area contributed by atoms with Gasteiger partial charge in [0.1, 0.15) is 0 Å². The minimum absolute atomic E-state index is 0.177. The Bertz CT molecular complexity index is 669. The first-order chi connectivity index (χ1) is 10.5. The van der Waals surface area contributed by atoms with Crippen LogP contribution in [0.15, 0.2) is 24.3 Å². The lowest BCUT2D eigenvalue weighted by atomic mass is 9.92. The van der Waals surface area contributed by atoms with Gasteiger partial charge in [0, 0.05) is 5.56 Å². The molecule has 0 radical (unpaired) electrons. The molecule has 0 amide bonds. The van der Waals surface area contributed by atoms with Crippen molar-refractivity contribution in [1.82, 2.24) is 0 Å². The molecule has 138 valence electrons. The minimum Gasteiger partial charge on any atom is -0.232 e. The smallest absolute Gasteiger partial charge is 0.232 e. The van der Waals surface area contributed by atoms with Crippen LogP contribution < -0.4 is 0 Å². The molecule has 24 heavy (non-hydrogen) atoms. The van der Waals surface area contributed by atoms with E-state index >= 15 is 0 Å². The predicted molar refractivity (Wildman–Crippen MR) is 61.0 cm³/mol. The summed E-state index contributed by atoms with van der Waals surface area (Å²) in [5, 5.41) is 0. The molecule has 0 aromatic heterocycles. The van der Waals surface area contributed by atoms with Gasteiger partial charge in [0.25, 0.3) is 0 Å². The molecule has 0 aliphatic heterocycles. The molecule has 0 fully saturated rings. The van der Waals surface area contributed by atoms with Crippen molar-refractivity contribution in [2.75, 3.05) is 0 Å². The van der Waals surface area contributed by atoms with Crippen LogP contribution in [0.5, 0.6) is 0 Å². The average molecular weight is 390 g/mol. The van der Waals surface area contributed by atoms with E-state index in [1.807, 2.05) is 0 Å². The largest absolute Gasteiger partial charge is 0.523 e. The van der Waals surface area contributed by atoms with E-state index in [0.29, 0.717) is 0 Å². The minimum atomic E-state index is -7.22. The van der Waals surface area contributed by atoms with Gasteiger partial charge in [-0.05, 0) is 6.92 Å². The van der Waals surface area contributed by atoms with Crippen LogP contribution in [0.2, 0.25) is 0 Å². The van der Waals surface area contributed by atoms with Crippen molar-refractivity contribution in [1.29, 1.82) is 0 Å². The van der Waals surface area contributed by atoms with Crippen LogP contribution in [-0.4, -0.2) is 26.3 Å². The predicted octanol–water partition coefficient (Wildman–Crippen LogP) is 4.18. The maximum absolute atomic E-state index is 13.1. The SMILES string of the molecule is Cc1ccc(C(OS(=O)(=O)C(F)(F)F)(C(F)(F)F)C(F)(F)F)cc1. The summed E-state index contributed by atoms with van der Waals surface area (Å²) < 4.78 is 140. The molecule has 0 saturated carbocycles. The molecule has 0 spiro atoms. The molecular formula is C11H7F9O3S. The molecular weight excluding hydrogens is 383 g/mol. The van der Waals surface area contributed by atoms with Gasteiger partial charge < -0.3 is 0 Å². The zero-order valence-corrected chi connectivity index (χ0v) is 12.2. The Balaban J connectivity index is 3.78. The van der Waals surface area contributed by atoms with Gasteiger partial charge in [-0.1, -0.05) is 29.8 Å². The molecule has 0 atom stereocenters. The highest BCUT2D eigenvalue weighted by molar-refractivity contribution is 7.87. The lowest BCUT2D eigenvalue weighted by Gasteiger charge is -2.36. The van der Waals surface area contributed by atoms with Gasteiger partial charge in [0.05, 0.1) is 0 Å². The van der Waals surface area contributed by atoms with E-state index in [0.717, 1.165) is 12.1 Å².